The fourth-order valence-corrected chi connectivity index (χ4v) is 4.30. The number of carbonyl (C=O) groups excluding carboxylic acids is 2. The number of fused-ring (bicyclic) bond motifs is 2. The Morgan fingerprint density at radius 3 is 1.50 bits per heavy atom. The average Bonchev–Trinajstić information content (AvgIpc) is 3.07. The van der Waals surface area contributed by atoms with Crippen LogP contribution in [0.5, 0.6) is 11.5 Å². The third-order valence-corrected chi connectivity index (χ3v) is 7.17. The van der Waals surface area contributed by atoms with E-state index >= 15 is 0 Å². The van der Waals surface area contributed by atoms with Gasteiger partial charge in [0.2, 0.25) is 0 Å². The van der Waals surface area contributed by atoms with Crippen LogP contribution >= 0.6 is 0 Å². The van der Waals surface area contributed by atoms with Crippen LogP contribution in [0.15, 0.2) is 72.8 Å². The van der Waals surface area contributed by atoms with Crippen LogP contribution in [0.2, 0.25) is 0 Å². The van der Waals surface area contributed by atoms with Crippen molar-refractivity contribution in [3.8, 4) is 11.5 Å². The summed E-state index contributed by atoms with van der Waals surface area (Å²) in [6, 6.07) is 22.9. The van der Waals surface area contributed by atoms with Crippen LogP contribution < -0.4 is 9.47 Å². The molecule has 0 fully saturated rings. The number of hydrogen-bond acceptors (Lipinski definition) is 10. The molecule has 1 unspecified atom stereocenters. The minimum absolute atomic E-state index is 0.204. The number of hydrogen-bond donors (Lipinski definition) is 4. The molecular formula is C34H40O10. The SMILES string of the molecule is COc1ccc2cc([C@H](C)C(=O)OC(CO)CO)ccc2c1.COc1ccc2cc([C@H](C)C(=O)OCC(O)CO)ccc2c1. The molecule has 4 N–H and O–H groups in total. The lowest BCUT2D eigenvalue weighted by Crippen LogP contribution is -2.27. The van der Waals surface area contributed by atoms with Crippen molar-refractivity contribution in [1.29, 1.82) is 0 Å². The lowest BCUT2D eigenvalue weighted by Gasteiger charge is -2.17. The van der Waals surface area contributed by atoms with E-state index in [2.05, 4.69) is 0 Å². The minimum Gasteiger partial charge on any atom is -0.497 e. The van der Waals surface area contributed by atoms with E-state index in [9.17, 15) is 14.7 Å². The van der Waals surface area contributed by atoms with Crippen molar-refractivity contribution >= 4 is 33.5 Å². The van der Waals surface area contributed by atoms with Crippen molar-refractivity contribution < 1.29 is 49.0 Å². The van der Waals surface area contributed by atoms with E-state index in [0.717, 1.165) is 44.2 Å². The second-order valence-corrected chi connectivity index (χ2v) is 10.3. The van der Waals surface area contributed by atoms with Crippen molar-refractivity contribution in [2.24, 2.45) is 0 Å². The van der Waals surface area contributed by atoms with E-state index in [4.69, 9.17) is 34.3 Å². The summed E-state index contributed by atoms with van der Waals surface area (Å²) in [5, 5.41) is 39.9. The number of carbonyl (C=O) groups is 2. The molecule has 0 amide bonds. The van der Waals surface area contributed by atoms with E-state index in [1.165, 1.54) is 0 Å². The fraction of sp³-hybridized carbons (Fsp3) is 0.353. The number of rotatable bonds is 12. The van der Waals surface area contributed by atoms with Gasteiger partial charge in [0.1, 0.15) is 30.3 Å². The maximum absolute atomic E-state index is 12.0. The summed E-state index contributed by atoms with van der Waals surface area (Å²) < 4.78 is 20.4. The third kappa shape index (κ3) is 9.14. The predicted molar refractivity (Wildman–Crippen MR) is 166 cm³/mol. The lowest BCUT2D eigenvalue weighted by atomic mass is 9.98. The number of methoxy groups -OCH3 is 2. The van der Waals surface area contributed by atoms with Gasteiger partial charge in [0, 0.05) is 0 Å². The fourth-order valence-electron chi connectivity index (χ4n) is 4.30. The van der Waals surface area contributed by atoms with E-state index in [1.54, 1.807) is 28.1 Å². The highest BCUT2D eigenvalue weighted by Crippen LogP contribution is 2.27. The summed E-state index contributed by atoms with van der Waals surface area (Å²) in [6.45, 7) is 2.06. The Morgan fingerprint density at radius 2 is 1.07 bits per heavy atom. The van der Waals surface area contributed by atoms with Gasteiger partial charge in [-0.25, -0.2) is 0 Å². The second-order valence-electron chi connectivity index (χ2n) is 10.3. The zero-order valence-corrected chi connectivity index (χ0v) is 25.3. The molecule has 0 saturated heterocycles. The summed E-state index contributed by atoms with van der Waals surface area (Å²) >= 11 is 0. The lowest BCUT2D eigenvalue weighted by molar-refractivity contribution is -0.154. The zero-order valence-electron chi connectivity index (χ0n) is 25.3. The summed E-state index contributed by atoms with van der Waals surface area (Å²) in [4.78, 5) is 24.0. The van der Waals surface area contributed by atoms with Crippen molar-refractivity contribution in [1.82, 2.24) is 0 Å². The summed E-state index contributed by atoms with van der Waals surface area (Å²) in [5.74, 6) is -0.266. The molecule has 0 spiro atoms. The molecule has 236 valence electrons. The van der Waals surface area contributed by atoms with Crippen LogP contribution in [-0.2, 0) is 19.1 Å². The molecule has 0 heterocycles. The molecular weight excluding hydrogens is 568 g/mol. The average molecular weight is 609 g/mol. The first-order valence-electron chi connectivity index (χ1n) is 14.2. The van der Waals surface area contributed by atoms with Crippen LogP contribution in [0.25, 0.3) is 21.5 Å². The van der Waals surface area contributed by atoms with Gasteiger partial charge in [-0.15, -0.1) is 0 Å². The minimum atomic E-state index is -1.04. The predicted octanol–water partition coefficient (Wildman–Crippen LogP) is 3.70. The molecule has 0 saturated carbocycles. The van der Waals surface area contributed by atoms with Crippen molar-refractivity contribution in [2.45, 2.75) is 37.9 Å². The smallest absolute Gasteiger partial charge is 0.313 e. The molecule has 44 heavy (non-hydrogen) atoms. The van der Waals surface area contributed by atoms with Gasteiger partial charge >= 0.3 is 11.9 Å². The quantitative estimate of drug-likeness (QED) is 0.175. The Labute approximate surface area is 256 Å². The number of esters is 2. The zero-order chi connectivity index (χ0) is 32.2. The molecule has 4 rings (SSSR count). The van der Waals surface area contributed by atoms with Gasteiger partial charge in [-0.2, -0.15) is 0 Å². The molecule has 0 aliphatic carbocycles. The van der Waals surface area contributed by atoms with Gasteiger partial charge in [-0.05, 0) is 70.8 Å². The van der Waals surface area contributed by atoms with Crippen LogP contribution in [0, 0.1) is 0 Å². The summed E-state index contributed by atoms with van der Waals surface area (Å²) in [6.07, 6.45) is -1.92. The normalized spacial score (nSPS) is 13.0. The largest absolute Gasteiger partial charge is 0.497 e. The molecule has 10 heteroatoms. The topological polar surface area (TPSA) is 152 Å². The Kier molecular flexibility index (Phi) is 12.9. The monoisotopic (exact) mass is 608 g/mol. The highest BCUT2D eigenvalue weighted by Gasteiger charge is 2.21. The van der Waals surface area contributed by atoms with Crippen molar-refractivity contribution in [2.75, 3.05) is 40.6 Å². The summed E-state index contributed by atoms with van der Waals surface area (Å²) in [5.41, 5.74) is 1.65. The van der Waals surface area contributed by atoms with Crippen molar-refractivity contribution in [3.05, 3.63) is 83.9 Å². The summed E-state index contributed by atoms with van der Waals surface area (Å²) in [7, 11) is 3.24. The molecule has 0 aromatic heterocycles. The van der Waals surface area contributed by atoms with Crippen molar-refractivity contribution in [3.63, 3.8) is 0 Å². The third-order valence-electron chi connectivity index (χ3n) is 7.17. The standard InChI is InChI=1S/2C17H20O5/c1-11(17(20)22-10-15(19)9-18)12-3-4-14-8-16(21-2)6-5-13(14)7-12;1-11(17(20)22-16(9-18)10-19)12-3-4-14-8-15(21-2)6-5-13(14)7-12/h3-8,11,15,18-19H,9-10H2,1-2H3;3-8,11,16,18-19H,9-10H2,1-2H3/t11-,15?;11-/m00/s1. The molecule has 4 aromatic rings. The second kappa shape index (κ2) is 16.6. The van der Waals surface area contributed by atoms with Crippen LogP contribution in [0.4, 0.5) is 0 Å². The Balaban J connectivity index is 0.000000240. The Hall–Kier alpha value is -4.22. The highest BCUT2D eigenvalue weighted by atomic mass is 16.6. The van der Waals surface area contributed by atoms with E-state index < -0.39 is 55.8 Å². The van der Waals surface area contributed by atoms with Gasteiger partial charge in [-0.3, -0.25) is 9.59 Å². The van der Waals surface area contributed by atoms with Crippen LogP contribution in [0.1, 0.15) is 36.8 Å². The Bertz CT molecular complexity index is 1530. The van der Waals surface area contributed by atoms with E-state index in [0.29, 0.717) is 0 Å². The number of aliphatic hydroxyl groups excluding tert-OH is 4. The first kappa shape index (κ1) is 34.3. The molecule has 10 nitrogen and oxygen atoms in total. The molecule has 0 bridgehead atoms. The van der Waals surface area contributed by atoms with Gasteiger partial charge in [0.15, 0.2) is 0 Å². The maximum Gasteiger partial charge on any atom is 0.313 e. The highest BCUT2D eigenvalue weighted by molar-refractivity contribution is 5.88. The maximum atomic E-state index is 12.0. The number of benzene rings is 4. The van der Waals surface area contributed by atoms with Crippen LogP contribution in [-0.4, -0.2) is 85.2 Å². The van der Waals surface area contributed by atoms with E-state index in [1.807, 2.05) is 72.8 Å². The first-order chi connectivity index (χ1) is 21.1. The molecule has 0 aliphatic rings. The van der Waals surface area contributed by atoms with Gasteiger partial charge in [0.05, 0.1) is 45.9 Å². The number of aliphatic hydroxyl groups is 4. The van der Waals surface area contributed by atoms with Crippen LogP contribution in [0.3, 0.4) is 0 Å². The molecule has 4 aromatic carbocycles. The van der Waals surface area contributed by atoms with Gasteiger partial charge < -0.3 is 39.4 Å². The van der Waals surface area contributed by atoms with E-state index in [-0.39, 0.29) is 6.61 Å². The van der Waals surface area contributed by atoms with Gasteiger partial charge in [0.25, 0.3) is 0 Å². The number of ether oxygens (including phenoxy) is 4. The molecule has 3 atom stereocenters. The first-order valence-corrected chi connectivity index (χ1v) is 14.2. The molecule has 0 aliphatic heterocycles. The molecule has 0 radical (unpaired) electrons. The Morgan fingerprint density at radius 1 is 0.636 bits per heavy atom. The van der Waals surface area contributed by atoms with Gasteiger partial charge in [-0.1, -0.05) is 48.5 Å².